The van der Waals surface area contributed by atoms with E-state index in [2.05, 4.69) is 45.7 Å². The van der Waals surface area contributed by atoms with Crippen LogP contribution in [-0.2, 0) is 4.74 Å². The molecule has 2 aromatic rings. The second-order valence-electron chi connectivity index (χ2n) is 7.27. The summed E-state index contributed by atoms with van der Waals surface area (Å²) in [6.07, 6.45) is 4.10. The third-order valence-electron chi connectivity index (χ3n) is 5.94. The predicted molar refractivity (Wildman–Crippen MR) is 95.6 cm³/mol. The standard InChI is InChI=1S/C19H22N4O2/c1-23-13-9-16(20-10-13)18(23)19(24)17-14-3-2-12(8-15(14)21-22-17)11-4-6-25-7-5-11/h2-4,8,13,16,18,20H,5-7,9-10H2,1H3,(H,21,22)/t13-,16+,18?/m0/s1. The van der Waals surface area contributed by atoms with Gasteiger partial charge in [-0.2, -0.15) is 5.10 Å². The molecule has 2 saturated heterocycles. The first-order chi connectivity index (χ1) is 12.2. The highest BCUT2D eigenvalue weighted by Gasteiger charge is 2.48. The Morgan fingerprint density at radius 2 is 2.32 bits per heavy atom. The summed E-state index contributed by atoms with van der Waals surface area (Å²) in [4.78, 5) is 15.3. The molecule has 0 spiro atoms. The van der Waals surface area contributed by atoms with Gasteiger partial charge in [0.2, 0.25) is 5.78 Å². The van der Waals surface area contributed by atoms with Gasteiger partial charge in [0.05, 0.1) is 24.8 Å². The van der Waals surface area contributed by atoms with Crippen LogP contribution in [0.1, 0.15) is 28.9 Å². The van der Waals surface area contributed by atoms with E-state index in [-0.39, 0.29) is 17.9 Å². The van der Waals surface area contributed by atoms with Crippen LogP contribution in [0.3, 0.4) is 0 Å². The van der Waals surface area contributed by atoms with Gasteiger partial charge in [-0.15, -0.1) is 0 Å². The molecule has 3 atom stereocenters. The Bertz CT molecular complexity index is 869. The van der Waals surface area contributed by atoms with Crippen LogP contribution in [0.2, 0.25) is 0 Å². The van der Waals surface area contributed by atoms with Crippen LogP contribution in [0.15, 0.2) is 24.3 Å². The van der Waals surface area contributed by atoms with Crippen molar-refractivity contribution in [2.45, 2.75) is 31.0 Å². The number of H-pyrrole nitrogens is 1. The van der Waals surface area contributed by atoms with Gasteiger partial charge in [0.1, 0.15) is 5.69 Å². The zero-order chi connectivity index (χ0) is 17.0. The van der Waals surface area contributed by atoms with Crippen LogP contribution < -0.4 is 5.32 Å². The van der Waals surface area contributed by atoms with Gasteiger partial charge in [-0.1, -0.05) is 12.1 Å². The van der Waals surface area contributed by atoms with Crippen molar-refractivity contribution in [3.63, 3.8) is 0 Å². The van der Waals surface area contributed by atoms with Gasteiger partial charge in [-0.05, 0) is 43.2 Å². The number of carbonyl (C=O) groups excluding carboxylic acids is 1. The van der Waals surface area contributed by atoms with Gasteiger partial charge in [0, 0.05) is 24.0 Å². The summed E-state index contributed by atoms with van der Waals surface area (Å²) in [5, 5.41) is 11.8. The molecule has 3 aliphatic heterocycles. The lowest BCUT2D eigenvalue weighted by molar-refractivity contribution is 0.0811. The normalized spacial score (nSPS) is 29.3. The highest BCUT2D eigenvalue weighted by molar-refractivity contribution is 6.09. The van der Waals surface area contributed by atoms with Crippen molar-refractivity contribution in [2.24, 2.45) is 0 Å². The minimum atomic E-state index is -0.108. The lowest BCUT2D eigenvalue weighted by Gasteiger charge is -2.30. The summed E-state index contributed by atoms with van der Waals surface area (Å²) < 4.78 is 5.38. The van der Waals surface area contributed by atoms with E-state index in [0.717, 1.165) is 36.9 Å². The van der Waals surface area contributed by atoms with Gasteiger partial charge in [0.25, 0.3) is 0 Å². The smallest absolute Gasteiger partial charge is 0.202 e. The molecule has 1 unspecified atom stereocenters. The first-order valence-corrected chi connectivity index (χ1v) is 8.97. The maximum absolute atomic E-state index is 13.1. The van der Waals surface area contributed by atoms with Crippen molar-refractivity contribution >= 4 is 22.3 Å². The van der Waals surface area contributed by atoms with Crippen LogP contribution in [0.5, 0.6) is 0 Å². The molecule has 4 heterocycles. The molecular weight excluding hydrogens is 316 g/mol. The fourth-order valence-electron chi connectivity index (χ4n) is 4.51. The number of piperazine rings is 1. The van der Waals surface area contributed by atoms with E-state index >= 15 is 0 Å². The molecule has 0 radical (unpaired) electrons. The van der Waals surface area contributed by atoms with Crippen molar-refractivity contribution in [1.29, 1.82) is 0 Å². The maximum atomic E-state index is 13.1. The second kappa shape index (κ2) is 5.76. The van der Waals surface area contributed by atoms with Crippen molar-refractivity contribution in [3.8, 4) is 0 Å². The van der Waals surface area contributed by atoms with Crippen LogP contribution in [0.4, 0.5) is 0 Å². The van der Waals surface area contributed by atoms with Gasteiger partial charge < -0.3 is 10.1 Å². The molecule has 25 heavy (non-hydrogen) atoms. The Morgan fingerprint density at radius 3 is 3.08 bits per heavy atom. The number of likely N-dealkylation sites (tertiary alicyclic amines) is 1. The number of aromatic amines is 1. The number of Topliss-reactive ketones (excluding diaryl/α,β-unsaturated/α-hetero) is 1. The molecule has 1 aromatic heterocycles. The van der Waals surface area contributed by atoms with Gasteiger partial charge >= 0.3 is 0 Å². The van der Waals surface area contributed by atoms with E-state index in [1.165, 1.54) is 11.1 Å². The molecule has 0 aliphatic carbocycles. The van der Waals surface area contributed by atoms with Crippen LogP contribution in [0, 0.1) is 0 Å². The minimum absolute atomic E-state index is 0.108. The van der Waals surface area contributed by atoms with Crippen LogP contribution >= 0.6 is 0 Å². The zero-order valence-corrected chi connectivity index (χ0v) is 14.3. The number of hydrogen-bond donors (Lipinski definition) is 2. The number of fused-ring (bicyclic) bond motifs is 3. The molecule has 5 rings (SSSR count). The summed E-state index contributed by atoms with van der Waals surface area (Å²) in [5.41, 5.74) is 3.96. The van der Waals surface area contributed by atoms with E-state index in [4.69, 9.17) is 4.74 Å². The molecule has 0 saturated carbocycles. The van der Waals surface area contributed by atoms with E-state index in [1.807, 2.05) is 6.07 Å². The molecule has 130 valence electrons. The van der Waals surface area contributed by atoms with Crippen molar-refractivity contribution in [2.75, 3.05) is 26.8 Å². The van der Waals surface area contributed by atoms with Crippen molar-refractivity contribution < 1.29 is 9.53 Å². The number of aromatic nitrogens is 2. The Balaban J connectivity index is 1.48. The zero-order valence-electron chi connectivity index (χ0n) is 14.3. The van der Waals surface area contributed by atoms with Gasteiger partial charge in [-0.25, -0.2) is 0 Å². The molecule has 2 bridgehead atoms. The highest BCUT2D eigenvalue weighted by atomic mass is 16.5. The number of carbonyl (C=O) groups is 1. The predicted octanol–water partition coefficient (Wildman–Crippen LogP) is 1.59. The molecule has 2 fully saturated rings. The van der Waals surface area contributed by atoms with Gasteiger partial charge in [0.15, 0.2) is 0 Å². The summed E-state index contributed by atoms with van der Waals surface area (Å²) in [7, 11) is 2.05. The highest BCUT2D eigenvalue weighted by Crippen LogP contribution is 2.32. The number of benzene rings is 1. The lowest BCUT2D eigenvalue weighted by atomic mass is 9.97. The van der Waals surface area contributed by atoms with E-state index in [0.29, 0.717) is 18.3 Å². The van der Waals surface area contributed by atoms with E-state index in [9.17, 15) is 4.79 Å². The molecule has 3 aliphatic rings. The molecule has 6 heteroatoms. The number of ether oxygens (including phenoxy) is 1. The SMILES string of the molecule is CN1C(C(=O)c2n[nH]c3cc(C4=CCOCC4)ccc23)[C@H]2C[C@H]1CN2. The van der Waals surface area contributed by atoms with E-state index in [1.54, 1.807) is 0 Å². The first-order valence-electron chi connectivity index (χ1n) is 8.97. The summed E-state index contributed by atoms with van der Waals surface area (Å²) >= 11 is 0. The molecule has 6 nitrogen and oxygen atoms in total. The third kappa shape index (κ3) is 2.36. The number of rotatable bonds is 3. The Kier molecular flexibility index (Phi) is 3.51. The third-order valence-corrected chi connectivity index (χ3v) is 5.94. The number of nitrogens with zero attached hydrogens (tertiary/aromatic N) is 2. The second-order valence-corrected chi connectivity index (χ2v) is 7.27. The summed E-state index contributed by atoms with van der Waals surface area (Å²) in [6, 6.07) is 6.83. The fourth-order valence-corrected chi connectivity index (χ4v) is 4.51. The molecular formula is C19H22N4O2. The average Bonchev–Trinajstić information content (AvgIpc) is 3.35. The number of nitrogens with one attached hydrogen (secondary N) is 2. The van der Waals surface area contributed by atoms with Crippen LogP contribution in [0.25, 0.3) is 16.5 Å². The van der Waals surface area contributed by atoms with Crippen molar-refractivity contribution in [1.82, 2.24) is 20.4 Å². The Morgan fingerprint density at radius 1 is 1.40 bits per heavy atom. The molecule has 2 N–H and O–H groups in total. The van der Waals surface area contributed by atoms with Crippen LogP contribution in [-0.4, -0.2) is 65.8 Å². The maximum Gasteiger partial charge on any atom is 0.202 e. The lowest BCUT2D eigenvalue weighted by Crippen LogP contribution is -2.53. The fraction of sp³-hybridized carbons (Fsp3) is 0.474. The number of likely N-dealkylation sites (N-methyl/N-ethyl adjacent to an activating group) is 1. The average molecular weight is 338 g/mol. The van der Waals surface area contributed by atoms with E-state index < -0.39 is 0 Å². The quantitative estimate of drug-likeness (QED) is 0.832. The number of hydrogen-bond acceptors (Lipinski definition) is 5. The Labute approximate surface area is 146 Å². The molecule has 1 aromatic carbocycles. The van der Waals surface area contributed by atoms with Crippen molar-refractivity contribution in [3.05, 3.63) is 35.5 Å². The topological polar surface area (TPSA) is 70.2 Å². The Hall–Kier alpha value is -2.02. The number of ketones is 1. The minimum Gasteiger partial charge on any atom is -0.377 e. The first kappa shape index (κ1) is 15.3. The summed E-state index contributed by atoms with van der Waals surface area (Å²) in [6.45, 7) is 2.41. The van der Waals surface area contributed by atoms with Gasteiger partial charge in [-0.3, -0.25) is 14.8 Å². The summed E-state index contributed by atoms with van der Waals surface area (Å²) in [5.74, 6) is 0.117. The monoisotopic (exact) mass is 338 g/mol. The largest absolute Gasteiger partial charge is 0.377 e. The molecule has 0 amide bonds.